The minimum atomic E-state index is -3.95. The first kappa shape index (κ1) is 22.0. The molecule has 0 unspecified atom stereocenters. The van der Waals surface area contributed by atoms with Gasteiger partial charge in [0, 0.05) is 31.6 Å². The van der Waals surface area contributed by atoms with Crippen molar-refractivity contribution in [1.29, 1.82) is 0 Å². The molecule has 11 heteroatoms. The number of anilines is 2. The molecule has 3 N–H and O–H groups in total. The summed E-state index contributed by atoms with van der Waals surface area (Å²) in [4.78, 5) is 23.6. The number of hydrogen-bond donors (Lipinski definition) is 2. The van der Waals surface area contributed by atoms with Crippen molar-refractivity contribution in [3.63, 3.8) is 0 Å². The van der Waals surface area contributed by atoms with E-state index in [1.165, 1.54) is 24.3 Å². The Kier molecular flexibility index (Phi) is 5.78. The van der Waals surface area contributed by atoms with Gasteiger partial charge < -0.3 is 10.2 Å². The Hall–Kier alpha value is -3.18. The van der Waals surface area contributed by atoms with Gasteiger partial charge in [-0.3, -0.25) is 4.79 Å². The van der Waals surface area contributed by atoms with E-state index in [1.807, 2.05) is 0 Å². The summed E-state index contributed by atoms with van der Waals surface area (Å²) < 4.78 is 51.0. The van der Waals surface area contributed by atoms with Gasteiger partial charge in [-0.15, -0.1) is 0 Å². The molecule has 1 amide bonds. The summed E-state index contributed by atoms with van der Waals surface area (Å²) in [5.74, 6) is -3.20. The van der Waals surface area contributed by atoms with E-state index in [2.05, 4.69) is 15.3 Å². The largest absolute Gasteiger partial charge is 0.354 e. The second kappa shape index (κ2) is 8.40. The predicted molar refractivity (Wildman–Crippen MR) is 116 cm³/mol. The zero-order valence-corrected chi connectivity index (χ0v) is 17.8. The third kappa shape index (κ3) is 4.83. The van der Waals surface area contributed by atoms with Crippen LogP contribution >= 0.6 is 0 Å². The highest BCUT2D eigenvalue weighted by molar-refractivity contribution is 7.89. The van der Waals surface area contributed by atoms with Crippen LogP contribution in [0.25, 0.3) is 11.0 Å². The first-order chi connectivity index (χ1) is 15.1. The van der Waals surface area contributed by atoms with Crippen LogP contribution in [-0.2, 0) is 10.0 Å². The average Bonchev–Trinajstić information content (AvgIpc) is 2.92. The quantitative estimate of drug-likeness (QED) is 0.616. The van der Waals surface area contributed by atoms with Gasteiger partial charge in [-0.2, -0.15) is 0 Å². The first-order valence-corrected chi connectivity index (χ1v) is 11.5. The highest BCUT2D eigenvalue weighted by Crippen LogP contribution is 2.31. The van der Waals surface area contributed by atoms with E-state index in [-0.39, 0.29) is 47.9 Å². The van der Waals surface area contributed by atoms with E-state index in [0.717, 1.165) is 0 Å². The number of rotatable bonds is 4. The summed E-state index contributed by atoms with van der Waals surface area (Å²) in [7, 11) is -3.95. The monoisotopic (exact) mass is 461 g/mol. The SMILES string of the molecule is NS(=O)(=O)c1cccc(NC(=O)c2nc3ccccc3nc2N2CCCC(F)(F)CC2)c1. The van der Waals surface area contributed by atoms with Crippen LogP contribution in [0.1, 0.15) is 29.8 Å². The number of carbonyl (C=O) groups is 1. The van der Waals surface area contributed by atoms with Crippen LogP contribution in [0.15, 0.2) is 53.4 Å². The van der Waals surface area contributed by atoms with Gasteiger partial charge in [0.15, 0.2) is 11.5 Å². The number of carbonyl (C=O) groups excluding carboxylic acids is 1. The van der Waals surface area contributed by atoms with Gasteiger partial charge in [-0.1, -0.05) is 18.2 Å². The number of nitrogens with one attached hydrogen (secondary N) is 1. The number of nitrogens with two attached hydrogens (primary N) is 1. The number of fused-ring (bicyclic) bond motifs is 1. The van der Waals surface area contributed by atoms with Gasteiger partial charge in [0.1, 0.15) is 0 Å². The maximum absolute atomic E-state index is 13.9. The van der Waals surface area contributed by atoms with Crippen molar-refractivity contribution in [3.05, 3.63) is 54.2 Å². The minimum absolute atomic E-state index is 0.0290. The maximum atomic E-state index is 13.9. The molecule has 8 nitrogen and oxygen atoms in total. The molecule has 1 aliphatic heterocycles. The van der Waals surface area contributed by atoms with Crippen molar-refractivity contribution < 1.29 is 22.0 Å². The molecule has 1 aliphatic rings. The van der Waals surface area contributed by atoms with Crippen molar-refractivity contribution in [2.45, 2.75) is 30.1 Å². The van der Waals surface area contributed by atoms with E-state index in [9.17, 15) is 22.0 Å². The van der Waals surface area contributed by atoms with E-state index in [1.54, 1.807) is 29.2 Å². The molecular weight excluding hydrogens is 440 g/mol. The summed E-state index contributed by atoms with van der Waals surface area (Å²) in [5.41, 5.74) is 1.17. The van der Waals surface area contributed by atoms with Crippen LogP contribution in [0.5, 0.6) is 0 Å². The van der Waals surface area contributed by atoms with Gasteiger partial charge in [0.2, 0.25) is 15.9 Å². The molecular formula is C21H21F2N5O3S. The molecule has 0 saturated carbocycles. The van der Waals surface area contributed by atoms with Crippen LogP contribution in [-0.4, -0.2) is 43.3 Å². The number of benzene rings is 2. The molecule has 4 rings (SSSR count). The summed E-state index contributed by atoms with van der Waals surface area (Å²) in [6.07, 6.45) is -0.329. The molecule has 0 bridgehead atoms. The van der Waals surface area contributed by atoms with E-state index in [0.29, 0.717) is 17.6 Å². The molecule has 0 spiro atoms. The zero-order valence-electron chi connectivity index (χ0n) is 17.0. The second-order valence-corrected chi connectivity index (χ2v) is 9.17. The fraction of sp³-hybridized carbons (Fsp3) is 0.286. The number of para-hydroxylation sites is 2. The highest BCUT2D eigenvalue weighted by Gasteiger charge is 2.33. The van der Waals surface area contributed by atoms with E-state index in [4.69, 9.17) is 5.14 Å². The smallest absolute Gasteiger partial charge is 0.278 e. The van der Waals surface area contributed by atoms with Crippen molar-refractivity contribution in [2.75, 3.05) is 23.3 Å². The van der Waals surface area contributed by atoms with Gasteiger partial charge in [0.05, 0.1) is 15.9 Å². The molecule has 0 atom stereocenters. The Balaban J connectivity index is 1.72. The van der Waals surface area contributed by atoms with Gasteiger partial charge in [0.25, 0.3) is 5.91 Å². The number of alkyl halides is 2. The molecule has 32 heavy (non-hydrogen) atoms. The molecule has 0 aliphatic carbocycles. The Morgan fingerprint density at radius 1 is 1.03 bits per heavy atom. The van der Waals surface area contributed by atoms with Gasteiger partial charge in [-0.25, -0.2) is 32.3 Å². The molecule has 168 valence electrons. The van der Waals surface area contributed by atoms with Crippen LogP contribution in [0.3, 0.4) is 0 Å². The van der Waals surface area contributed by atoms with E-state index < -0.39 is 21.9 Å². The standard InChI is InChI=1S/C21H21F2N5O3S/c22-21(23)9-4-11-28(12-10-21)19-18(26-16-7-1-2-8-17(16)27-19)20(29)25-14-5-3-6-15(13-14)32(24,30)31/h1-3,5-8,13H,4,9-12H2,(H,25,29)(H2,24,30,31). The number of halogens is 2. The topological polar surface area (TPSA) is 118 Å². The number of primary sulfonamides is 1. The lowest BCUT2D eigenvalue weighted by molar-refractivity contribution is -0.0102. The number of nitrogens with zero attached hydrogens (tertiary/aromatic N) is 3. The van der Waals surface area contributed by atoms with Crippen molar-refractivity contribution in [2.24, 2.45) is 5.14 Å². The molecule has 1 fully saturated rings. The number of hydrogen-bond acceptors (Lipinski definition) is 6. The lowest BCUT2D eigenvalue weighted by Crippen LogP contribution is -2.30. The molecule has 1 aromatic heterocycles. The lowest BCUT2D eigenvalue weighted by atomic mass is 10.1. The summed E-state index contributed by atoms with van der Waals surface area (Å²) >= 11 is 0. The Morgan fingerprint density at radius 2 is 1.75 bits per heavy atom. The summed E-state index contributed by atoms with van der Waals surface area (Å²) in [6, 6.07) is 12.4. The Morgan fingerprint density at radius 3 is 2.47 bits per heavy atom. The molecule has 2 heterocycles. The fourth-order valence-corrected chi connectivity index (χ4v) is 4.14. The zero-order chi connectivity index (χ0) is 22.9. The van der Waals surface area contributed by atoms with Crippen molar-refractivity contribution >= 4 is 38.5 Å². The normalized spacial score (nSPS) is 16.5. The predicted octanol–water partition coefficient (Wildman–Crippen LogP) is 3.16. The molecule has 3 aromatic rings. The fourth-order valence-electron chi connectivity index (χ4n) is 3.58. The lowest BCUT2D eigenvalue weighted by Gasteiger charge is -2.24. The second-order valence-electron chi connectivity index (χ2n) is 7.61. The number of sulfonamides is 1. The Labute approximate surface area is 183 Å². The van der Waals surface area contributed by atoms with E-state index >= 15 is 0 Å². The van der Waals surface area contributed by atoms with Crippen molar-refractivity contribution in [1.82, 2.24) is 9.97 Å². The van der Waals surface area contributed by atoms with Crippen LogP contribution < -0.4 is 15.4 Å². The highest BCUT2D eigenvalue weighted by atomic mass is 32.2. The number of aromatic nitrogens is 2. The summed E-state index contributed by atoms with van der Waals surface area (Å²) in [6.45, 7) is 0.338. The van der Waals surface area contributed by atoms with Crippen molar-refractivity contribution in [3.8, 4) is 0 Å². The molecule has 0 radical (unpaired) electrons. The maximum Gasteiger partial charge on any atom is 0.278 e. The third-order valence-corrected chi connectivity index (χ3v) is 6.12. The first-order valence-electron chi connectivity index (χ1n) is 9.96. The van der Waals surface area contributed by atoms with Crippen LogP contribution in [0, 0.1) is 0 Å². The molecule has 2 aromatic carbocycles. The molecule has 1 saturated heterocycles. The van der Waals surface area contributed by atoms with Crippen LogP contribution in [0.4, 0.5) is 20.3 Å². The van der Waals surface area contributed by atoms with Gasteiger partial charge in [-0.05, 0) is 36.8 Å². The minimum Gasteiger partial charge on any atom is -0.354 e. The Bertz CT molecular complexity index is 1280. The number of amides is 1. The summed E-state index contributed by atoms with van der Waals surface area (Å²) in [5, 5.41) is 7.77. The van der Waals surface area contributed by atoms with Crippen LogP contribution in [0.2, 0.25) is 0 Å². The third-order valence-electron chi connectivity index (χ3n) is 5.21. The van der Waals surface area contributed by atoms with Gasteiger partial charge >= 0.3 is 0 Å². The average molecular weight is 461 g/mol.